The molecule has 0 aromatic heterocycles. The van der Waals surface area contributed by atoms with Crippen molar-refractivity contribution in [2.45, 2.75) is 25.6 Å². The predicted octanol–water partition coefficient (Wildman–Crippen LogP) is 1.76. The second-order valence-electron chi connectivity index (χ2n) is 6.95. The molecule has 0 saturated carbocycles. The summed E-state index contributed by atoms with van der Waals surface area (Å²) in [5.74, 6) is 0.180. The summed E-state index contributed by atoms with van der Waals surface area (Å²) >= 11 is 0. The number of hydrogen-bond acceptors (Lipinski definition) is 5. The van der Waals surface area contributed by atoms with E-state index in [4.69, 9.17) is 9.47 Å². The van der Waals surface area contributed by atoms with E-state index >= 15 is 0 Å². The van der Waals surface area contributed by atoms with Crippen LogP contribution in [0.5, 0.6) is 0 Å². The monoisotopic (exact) mass is 344 g/mol. The van der Waals surface area contributed by atoms with E-state index in [1.54, 1.807) is 24.3 Å². The van der Waals surface area contributed by atoms with Crippen LogP contribution in [-0.2, 0) is 9.47 Å². The Morgan fingerprint density at radius 1 is 0.920 bits per heavy atom. The number of likely N-dealkylation sites (tertiary alicyclic amines) is 1. The number of imide groups is 1. The van der Waals surface area contributed by atoms with Gasteiger partial charge in [0.25, 0.3) is 11.8 Å². The minimum atomic E-state index is -0.158. The third-order valence-corrected chi connectivity index (χ3v) is 5.40. The van der Waals surface area contributed by atoms with E-state index in [0.717, 1.165) is 38.9 Å². The summed E-state index contributed by atoms with van der Waals surface area (Å²) in [5.41, 5.74) is 1.06. The van der Waals surface area contributed by atoms with Gasteiger partial charge in [-0.3, -0.25) is 14.5 Å². The van der Waals surface area contributed by atoms with Crippen molar-refractivity contribution in [2.24, 2.45) is 5.92 Å². The van der Waals surface area contributed by atoms with Gasteiger partial charge in [0.1, 0.15) is 0 Å². The topological polar surface area (TPSA) is 59.1 Å². The van der Waals surface area contributed by atoms with E-state index in [-0.39, 0.29) is 18.1 Å². The Hall–Kier alpha value is -1.76. The van der Waals surface area contributed by atoms with Gasteiger partial charge in [-0.05, 0) is 51.0 Å². The van der Waals surface area contributed by atoms with Crippen LogP contribution in [0.2, 0.25) is 0 Å². The van der Waals surface area contributed by atoms with Crippen molar-refractivity contribution < 1.29 is 19.1 Å². The fourth-order valence-corrected chi connectivity index (χ4v) is 3.99. The lowest BCUT2D eigenvalue weighted by Gasteiger charge is -2.34. The first kappa shape index (κ1) is 16.7. The zero-order valence-electron chi connectivity index (χ0n) is 14.4. The molecule has 2 saturated heterocycles. The number of amides is 2. The van der Waals surface area contributed by atoms with Crippen LogP contribution >= 0.6 is 0 Å². The van der Waals surface area contributed by atoms with Gasteiger partial charge in [-0.25, -0.2) is 0 Å². The number of fused-ring (bicyclic) bond motifs is 1. The summed E-state index contributed by atoms with van der Waals surface area (Å²) < 4.78 is 11.2. The zero-order valence-corrected chi connectivity index (χ0v) is 14.4. The molecule has 2 amide bonds. The normalized spacial score (nSPS) is 22.8. The van der Waals surface area contributed by atoms with Crippen molar-refractivity contribution in [1.82, 2.24) is 9.80 Å². The summed E-state index contributed by atoms with van der Waals surface area (Å²) in [6.07, 6.45) is 2.96. The fraction of sp³-hybridized carbons (Fsp3) is 0.579. The summed E-state index contributed by atoms with van der Waals surface area (Å²) in [7, 11) is 0. The minimum Gasteiger partial charge on any atom is -0.350 e. The van der Waals surface area contributed by atoms with Crippen LogP contribution in [-0.4, -0.2) is 67.3 Å². The number of nitrogens with zero attached hydrogens (tertiary/aromatic N) is 2. The molecule has 0 radical (unpaired) electrons. The molecule has 134 valence electrons. The number of ether oxygens (including phenoxy) is 2. The predicted molar refractivity (Wildman–Crippen MR) is 91.3 cm³/mol. The highest BCUT2D eigenvalue weighted by Gasteiger charge is 2.35. The van der Waals surface area contributed by atoms with Crippen molar-refractivity contribution in [3.8, 4) is 0 Å². The van der Waals surface area contributed by atoms with Gasteiger partial charge in [-0.1, -0.05) is 12.1 Å². The first-order valence-corrected chi connectivity index (χ1v) is 9.15. The van der Waals surface area contributed by atoms with Gasteiger partial charge in [0.2, 0.25) is 0 Å². The third kappa shape index (κ3) is 3.34. The van der Waals surface area contributed by atoms with Crippen LogP contribution in [0.3, 0.4) is 0 Å². The van der Waals surface area contributed by atoms with Crippen LogP contribution in [0.15, 0.2) is 24.3 Å². The smallest absolute Gasteiger partial charge is 0.261 e. The maximum atomic E-state index is 12.3. The Bertz CT molecular complexity index is 614. The van der Waals surface area contributed by atoms with Crippen molar-refractivity contribution in [2.75, 3.05) is 39.4 Å². The molecule has 0 unspecified atom stereocenters. The van der Waals surface area contributed by atoms with E-state index in [1.165, 1.54) is 4.90 Å². The van der Waals surface area contributed by atoms with Crippen LogP contribution in [0.1, 0.15) is 40.0 Å². The molecular weight excluding hydrogens is 320 g/mol. The second kappa shape index (κ2) is 7.23. The number of carbonyl (C=O) groups is 2. The van der Waals surface area contributed by atoms with E-state index < -0.39 is 0 Å². The van der Waals surface area contributed by atoms with Crippen molar-refractivity contribution in [3.05, 3.63) is 35.4 Å². The number of rotatable bonds is 5. The first-order valence-electron chi connectivity index (χ1n) is 9.15. The molecule has 1 aromatic rings. The average molecular weight is 344 g/mol. The lowest BCUT2D eigenvalue weighted by molar-refractivity contribution is -0.0974. The molecule has 4 rings (SSSR count). The summed E-state index contributed by atoms with van der Waals surface area (Å²) in [4.78, 5) is 28.5. The summed E-state index contributed by atoms with van der Waals surface area (Å²) in [5, 5.41) is 0. The van der Waals surface area contributed by atoms with Gasteiger partial charge >= 0.3 is 0 Å². The van der Waals surface area contributed by atoms with Crippen LogP contribution in [0.25, 0.3) is 0 Å². The Morgan fingerprint density at radius 2 is 1.52 bits per heavy atom. The molecule has 0 bridgehead atoms. The molecule has 0 N–H and O–H groups in total. The fourth-order valence-electron chi connectivity index (χ4n) is 3.99. The van der Waals surface area contributed by atoms with E-state index in [9.17, 15) is 9.59 Å². The Kier molecular flexibility index (Phi) is 4.83. The third-order valence-electron chi connectivity index (χ3n) is 5.40. The number of carbonyl (C=O) groups excluding carboxylic acids is 2. The highest BCUT2D eigenvalue weighted by molar-refractivity contribution is 6.21. The molecule has 3 heterocycles. The van der Waals surface area contributed by atoms with E-state index in [1.807, 2.05) is 0 Å². The van der Waals surface area contributed by atoms with Crippen LogP contribution < -0.4 is 0 Å². The first-order chi connectivity index (χ1) is 12.2. The Morgan fingerprint density at radius 3 is 2.12 bits per heavy atom. The van der Waals surface area contributed by atoms with Crippen molar-refractivity contribution >= 4 is 11.8 Å². The molecule has 6 nitrogen and oxygen atoms in total. The Balaban J connectivity index is 1.23. The molecule has 6 heteroatoms. The van der Waals surface area contributed by atoms with Gasteiger partial charge < -0.3 is 14.4 Å². The lowest BCUT2D eigenvalue weighted by Crippen LogP contribution is -2.40. The zero-order chi connectivity index (χ0) is 17.2. The van der Waals surface area contributed by atoms with Crippen molar-refractivity contribution in [1.29, 1.82) is 0 Å². The minimum absolute atomic E-state index is 0.0134. The van der Waals surface area contributed by atoms with Crippen molar-refractivity contribution in [3.63, 3.8) is 0 Å². The molecule has 3 aliphatic rings. The molecule has 0 spiro atoms. The molecular formula is C19H24N2O4. The largest absolute Gasteiger partial charge is 0.350 e. The molecule has 1 aromatic carbocycles. The molecule has 25 heavy (non-hydrogen) atoms. The summed E-state index contributed by atoms with van der Waals surface area (Å²) in [6, 6.07) is 7.06. The summed E-state index contributed by atoms with van der Waals surface area (Å²) in [6.45, 7) is 4.87. The quantitative estimate of drug-likeness (QED) is 0.762. The average Bonchev–Trinajstić information content (AvgIpc) is 3.26. The van der Waals surface area contributed by atoms with Gasteiger partial charge in [0, 0.05) is 12.5 Å². The number of benzene rings is 1. The maximum Gasteiger partial charge on any atom is 0.261 e. The van der Waals surface area contributed by atoms with Crippen LogP contribution in [0, 0.1) is 5.92 Å². The van der Waals surface area contributed by atoms with Gasteiger partial charge in [0.05, 0.1) is 24.3 Å². The van der Waals surface area contributed by atoms with E-state index in [2.05, 4.69) is 4.90 Å². The van der Waals surface area contributed by atoms with Gasteiger partial charge in [0.15, 0.2) is 6.29 Å². The number of hydrogen-bond donors (Lipinski definition) is 0. The maximum absolute atomic E-state index is 12.3. The van der Waals surface area contributed by atoms with Crippen LogP contribution in [0.4, 0.5) is 0 Å². The highest BCUT2D eigenvalue weighted by atomic mass is 16.7. The standard InChI is InChI=1S/C19H24N2O4/c22-17-15-4-1-2-5-16(15)18(23)21(17)9-3-8-20-10-6-14(7-11-20)19-24-12-13-25-19/h1-2,4-5,14,19H,3,6-13H2. The van der Waals surface area contributed by atoms with E-state index in [0.29, 0.717) is 36.8 Å². The molecule has 3 aliphatic heterocycles. The SMILES string of the molecule is O=C1c2ccccc2C(=O)N1CCCN1CCC(C2OCCO2)CC1. The second-order valence-corrected chi connectivity index (χ2v) is 6.95. The van der Waals surface area contributed by atoms with Gasteiger partial charge in [-0.2, -0.15) is 0 Å². The molecule has 0 atom stereocenters. The Labute approximate surface area is 147 Å². The highest BCUT2D eigenvalue weighted by Crippen LogP contribution is 2.26. The molecule has 2 fully saturated rings. The number of piperidine rings is 1. The molecule has 0 aliphatic carbocycles. The van der Waals surface area contributed by atoms with Gasteiger partial charge in [-0.15, -0.1) is 0 Å². The lowest BCUT2D eigenvalue weighted by atomic mass is 9.96.